The fourth-order valence-electron chi connectivity index (χ4n) is 2.72. The van der Waals surface area contributed by atoms with Crippen LogP contribution in [0.4, 0.5) is 5.69 Å². The summed E-state index contributed by atoms with van der Waals surface area (Å²) in [6, 6.07) is 7.76. The molecule has 108 valence electrons. The summed E-state index contributed by atoms with van der Waals surface area (Å²) in [6.45, 7) is 1.98. The van der Waals surface area contributed by atoms with Gasteiger partial charge in [-0.15, -0.1) is 0 Å². The highest BCUT2D eigenvalue weighted by Crippen LogP contribution is 2.27. The number of allylic oxidation sites excluding steroid dienone is 2. The predicted molar refractivity (Wildman–Crippen MR) is 80.9 cm³/mol. The lowest BCUT2D eigenvalue weighted by Crippen LogP contribution is -2.34. The van der Waals surface area contributed by atoms with Crippen molar-refractivity contribution in [3.05, 3.63) is 41.6 Å². The molecule has 0 saturated heterocycles. The number of carbonyl (C=O) groups is 2. The minimum Gasteiger partial charge on any atom is -0.359 e. The first-order chi connectivity index (χ1) is 10.1. The molecule has 0 fully saturated rings. The summed E-state index contributed by atoms with van der Waals surface area (Å²) >= 11 is 0. The Morgan fingerprint density at radius 2 is 1.95 bits per heavy atom. The summed E-state index contributed by atoms with van der Waals surface area (Å²) in [4.78, 5) is 23.1. The molecular formula is C16H17N3O2. The Hall–Kier alpha value is -2.43. The van der Waals surface area contributed by atoms with E-state index in [2.05, 4.69) is 15.8 Å². The third-order valence-electron chi connectivity index (χ3n) is 3.84. The smallest absolute Gasteiger partial charge is 0.248 e. The van der Waals surface area contributed by atoms with E-state index in [-0.39, 0.29) is 23.5 Å². The van der Waals surface area contributed by atoms with Crippen molar-refractivity contribution in [2.24, 2.45) is 11.0 Å². The highest BCUT2D eigenvalue weighted by Gasteiger charge is 2.28. The molecular weight excluding hydrogens is 266 g/mol. The molecule has 1 aromatic carbocycles. The molecule has 1 unspecified atom stereocenters. The van der Waals surface area contributed by atoms with Crippen LogP contribution in [0.1, 0.15) is 31.2 Å². The molecule has 2 aliphatic rings. The topological polar surface area (TPSA) is 70.6 Å². The molecule has 0 spiro atoms. The molecule has 3 rings (SSSR count). The third-order valence-corrected chi connectivity index (χ3v) is 3.84. The number of ketones is 1. The molecule has 2 atom stereocenters. The van der Waals surface area contributed by atoms with Gasteiger partial charge in [0.05, 0.1) is 5.92 Å². The van der Waals surface area contributed by atoms with Gasteiger partial charge >= 0.3 is 0 Å². The molecule has 0 bridgehead atoms. The number of amides is 1. The maximum Gasteiger partial charge on any atom is 0.248 e. The Kier molecular flexibility index (Phi) is 3.56. The quantitative estimate of drug-likeness (QED) is 0.893. The van der Waals surface area contributed by atoms with Crippen LogP contribution in [0.5, 0.6) is 0 Å². The fraction of sp³-hybridized carbons (Fsp3) is 0.312. The van der Waals surface area contributed by atoms with Crippen molar-refractivity contribution < 1.29 is 9.59 Å². The number of carbonyl (C=O) groups excluding carboxylic acids is 2. The normalized spacial score (nSPS) is 24.7. The van der Waals surface area contributed by atoms with Gasteiger partial charge < -0.3 is 5.32 Å². The number of benzene rings is 1. The molecule has 1 heterocycles. The average Bonchev–Trinajstić information content (AvgIpc) is 2.86. The molecule has 2 N–H and O–H groups in total. The SMILES string of the molecule is C[C@H]1C=NNC(=O)C1c1ccc(NC2=CC(=O)CC2)cc1. The predicted octanol–water partition coefficient (Wildman–Crippen LogP) is 2.18. The van der Waals surface area contributed by atoms with E-state index in [1.165, 1.54) is 0 Å². The molecule has 5 heteroatoms. The second-order valence-corrected chi connectivity index (χ2v) is 5.47. The lowest BCUT2D eigenvalue weighted by Gasteiger charge is -2.23. The van der Waals surface area contributed by atoms with Crippen LogP contribution in [0.25, 0.3) is 0 Å². The van der Waals surface area contributed by atoms with E-state index < -0.39 is 0 Å². The van der Waals surface area contributed by atoms with Gasteiger partial charge in [-0.3, -0.25) is 9.59 Å². The van der Waals surface area contributed by atoms with Gasteiger partial charge in [-0.2, -0.15) is 5.10 Å². The van der Waals surface area contributed by atoms with Crippen LogP contribution in [0, 0.1) is 5.92 Å². The van der Waals surface area contributed by atoms with Crippen LogP contribution in [0.15, 0.2) is 41.1 Å². The molecule has 0 radical (unpaired) electrons. The van der Waals surface area contributed by atoms with Crippen molar-refractivity contribution in [2.75, 3.05) is 5.32 Å². The lowest BCUT2D eigenvalue weighted by molar-refractivity contribution is -0.123. The summed E-state index contributed by atoms with van der Waals surface area (Å²) in [5.74, 6) is -0.0348. The van der Waals surface area contributed by atoms with Crippen LogP contribution >= 0.6 is 0 Å². The minimum absolute atomic E-state index is 0.0743. The summed E-state index contributed by atoms with van der Waals surface area (Å²) in [5, 5.41) is 7.07. The van der Waals surface area contributed by atoms with Gasteiger partial charge in [0.15, 0.2) is 5.78 Å². The Morgan fingerprint density at radius 3 is 2.57 bits per heavy atom. The third kappa shape index (κ3) is 2.86. The van der Waals surface area contributed by atoms with Crippen LogP contribution in [0.2, 0.25) is 0 Å². The summed E-state index contributed by atoms with van der Waals surface area (Å²) in [5.41, 5.74) is 5.35. The van der Waals surface area contributed by atoms with Crippen molar-refractivity contribution in [1.29, 1.82) is 0 Å². The number of nitrogens with one attached hydrogen (secondary N) is 2. The molecule has 21 heavy (non-hydrogen) atoms. The maximum absolute atomic E-state index is 11.9. The Balaban J connectivity index is 1.75. The van der Waals surface area contributed by atoms with Gasteiger partial charge in [-0.25, -0.2) is 5.43 Å². The highest BCUT2D eigenvalue weighted by molar-refractivity contribution is 5.93. The summed E-state index contributed by atoms with van der Waals surface area (Å²) in [6.07, 6.45) is 4.76. The number of hydrazone groups is 1. The van der Waals surface area contributed by atoms with Gasteiger partial charge in [-0.1, -0.05) is 19.1 Å². The molecule has 1 amide bonds. The van der Waals surface area contributed by atoms with Crippen molar-refractivity contribution in [1.82, 2.24) is 5.43 Å². The van der Waals surface area contributed by atoms with Crippen molar-refractivity contribution in [3.8, 4) is 0 Å². The van der Waals surface area contributed by atoms with Crippen molar-refractivity contribution in [3.63, 3.8) is 0 Å². The van der Waals surface area contributed by atoms with E-state index in [4.69, 9.17) is 0 Å². The Bertz CT molecular complexity index is 631. The number of nitrogens with zero attached hydrogens (tertiary/aromatic N) is 1. The lowest BCUT2D eigenvalue weighted by atomic mass is 9.86. The fourth-order valence-corrected chi connectivity index (χ4v) is 2.72. The standard InChI is InChI=1S/C16H17N3O2/c1-10-9-17-19-16(21)15(10)11-2-4-12(5-3-11)18-13-6-7-14(20)8-13/h2-5,8-10,15,18H,6-7H2,1H3,(H,19,21)/t10-,15?/m0/s1. The largest absolute Gasteiger partial charge is 0.359 e. The van der Waals surface area contributed by atoms with Crippen LogP contribution in [0.3, 0.4) is 0 Å². The van der Waals surface area contributed by atoms with E-state index in [1.54, 1.807) is 12.3 Å². The molecule has 1 aromatic rings. The average molecular weight is 283 g/mol. The molecule has 1 aliphatic carbocycles. The van der Waals surface area contributed by atoms with Crippen LogP contribution < -0.4 is 10.7 Å². The zero-order valence-corrected chi connectivity index (χ0v) is 11.8. The zero-order chi connectivity index (χ0) is 14.8. The number of hydrogen-bond acceptors (Lipinski definition) is 4. The van der Waals surface area contributed by atoms with E-state index in [1.807, 2.05) is 31.2 Å². The van der Waals surface area contributed by atoms with Gasteiger partial charge in [0.2, 0.25) is 5.91 Å². The van der Waals surface area contributed by atoms with Crippen LogP contribution in [-0.4, -0.2) is 17.9 Å². The second-order valence-electron chi connectivity index (χ2n) is 5.47. The highest BCUT2D eigenvalue weighted by atomic mass is 16.2. The Morgan fingerprint density at radius 1 is 1.19 bits per heavy atom. The van der Waals surface area contributed by atoms with E-state index in [0.29, 0.717) is 6.42 Å². The Labute approximate surface area is 123 Å². The monoisotopic (exact) mass is 283 g/mol. The van der Waals surface area contributed by atoms with Crippen LogP contribution in [-0.2, 0) is 9.59 Å². The summed E-state index contributed by atoms with van der Waals surface area (Å²) in [7, 11) is 0. The second kappa shape index (κ2) is 5.52. The molecule has 0 aromatic heterocycles. The van der Waals surface area contributed by atoms with Gasteiger partial charge in [-0.05, 0) is 24.1 Å². The van der Waals surface area contributed by atoms with Gasteiger partial charge in [0, 0.05) is 36.0 Å². The van der Waals surface area contributed by atoms with E-state index >= 15 is 0 Å². The minimum atomic E-state index is -0.205. The van der Waals surface area contributed by atoms with Gasteiger partial charge in [0.1, 0.15) is 0 Å². The number of anilines is 1. The van der Waals surface area contributed by atoms with Gasteiger partial charge in [0.25, 0.3) is 0 Å². The maximum atomic E-state index is 11.9. The van der Waals surface area contributed by atoms with Crippen molar-refractivity contribution >= 4 is 23.6 Å². The number of hydrogen-bond donors (Lipinski definition) is 2. The van der Waals surface area contributed by atoms with Crippen molar-refractivity contribution in [2.45, 2.75) is 25.7 Å². The number of rotatable bonds is 3. The molecule has 5 nitrogen and oxygen atoms in total. The first kappa shape index (κ1) is 13.5. The molecule has 1 aliphatic heterocycles. The first-order valence-electron chi connectivity index (χ1n) is 7.07. The van der Waals surface area contributed by atoms with E-state index in [9.17, 15) is 9.59 Å². The van der Waals surface area contributed by atoms with E-state index in [0.717, 1.165) is 23.4 Å². The molecule has 0 saturated carbocycles. The zero-order valence-electron chi connectivity index (χ0n) is 11.8. The summed E-state index contributed by atoms with van der Waals surface area (Å²) < 4.78 is 0. The first-order valence-corrected chi connectivity index (χ1v) is 7.07.